The topological polar surface area (TPSA) is 216 Å². The van der Waals surface area contributed by atoms with Gasteiger partial charge in [0.2, 0.25) is 0 Å². The maximum atomic E-state index is 12.3. The van der Waals surface area contributed by atoms with Crippen LogP contribution in [-0.2, 0) is 102 Å². The number of anilines is 1. The first-order valence-electron chi connectivity index (χ1n) is 33.9. The average Bonchev–Trinajstić information content (AvgIpc) is 1.65. The summed E-state index contributed by atoms with van der Waals surface area (Å²) in [7, 11) is 0.784. The van der Waals surface area contributed by atoms with Gasteiger partial charge in [0.05, 0.1) is 0 Å². The van der Waals surface area contributed by atoms with Crippen LogP contribution < -0.4 is 5.73 Å². The Morgan fingerprint density at radius 3 is 1.42 bits per heavy atom. The second-order valence-electron chi connectivity index (χ2n) is 28.0. The minimum Gasteiger partial charge on any atom is -0.444 e. The van der Waals surface area contributed by atoms with Crippen molar-refractivity contribution in [1.82, 2.24) is 53.7 Å². The molecule has 0 spiro atoms. The van der Waals surface area contributed by atoms with Crippen molar-refractivity contribution < 1.29 is 82.9 Å². The molecule has 523 valence electrons. The van der Waals surface area contributed by atoms with Gasteiger partial charge in [-0.3, -0.25) is 15.0 Å². The van der Waals surface area contributed by atoms with Crippen LogP contribution in [0.1, 0.15) is 158 Å². The summed E-state index contributed by atoms with van der Waals surface area (Å²) >= 11 is 3.47. The Labute approximate surface area is 635 Å². The number of nitrogens with zero attached hydrogens (tertiary/aromatic N) is 11. The van der Waals surface area contributed by atoms with Crippen molar-refractivity contribution in [3.8, 4) is 11.6 Å². The normalized spacial score (nSPS) is 14.1. The number of likely N-dealkylation sites (tertiary alicyclic amines) is 1. The zero-order valence-corrected chi connectivity index (χ0v) is 67.8. The fraction of sp³-hybridized carbons (Fsp3) is 0.429. The first-order chi connectivity index (χ1) is 46.0. The van der Waals surface area contributed by atoms with Crippen molar-refractivity contribution in [2.45, 2.75) is 171 Å². The number of hydrogen-bond acceptors (Lipinski definition) is 14. The maximum absolute atomic E-state index is 12.3. The first-order valence-corrected chi connectivity index (χ1v) is 34.7. The molecule has 0 saturated carbocycles. The molecule has 1 radical (unpaired) electrons. The third-order valence-electron chi connectivity index (χ3n) is 17.1. The minimum atomic E-state index is -1.42. The second-order valence-corrected chi connectivity index (χ2v) is 28.9. The van der Waals surface area contributed by atoms with Crippen LogP contribution in [0.4, 0.5) is 15.4 Å². The summed E-state index contributed by atoms with van der Waals surface area (Å²) < 4.78 is 16.1. The van der Waals surface area contributed by atoms with Crippen LogP contribution in [0.25, 0.3) is 17.2 Å². The molecule has 11 rings (SSSR count). The first kappa shape index (κ1) is 81.5. The zero-order valence-electron chi connectivity index (χ0n) is 60.5. The molecule has 3 aliphatic rings. The number of ether oxygens (including phenoxy) is 2. The Morgan fingerprint density at radius 2 is 0.990 bits per heavy atom. The van der Waals surface area contributed by atoms with Gasteiger partial charge >= 0.3 is 19.3 Å². The number of aromatic nitrogens is 8. The zero-order chi connectivity index (χ0) is 70.1. The smallest absolute Gasteiger partial charge is 0.444 e. The van der Waals surface area contributed by atoms with Crippen LogP contribution in [0.2, 0.25) is 0 Å². The third kappa shape index (κ3) is 25.8. The van der Waals surface area contributed by atoms with Gasteiger partial charge < -0.3 is 49.1 Å². The van der Waals surface area contributed by atoms with Crippen LogP contribution in [0, 0.1) is 48.5 Å². The number of halogens is 1. The average molecular weight is 1650 g/mol. The van der Waals surface area contributed by atoms with Gasteiger partial charge in [-0.15, -0.1) is 0 Å². The molecule has 1 saturated heterocycles. The Bertz CT molecular complexity index is 3980. The van der Waals surface area contributed by atoms with E-state index in [9.17, 15) is 9.59 Å². The molecule has 8 aromatic heterocycles. The van der Waals surface area contributed by atoms with Crippen molar-refractivity contribution in [3.63, 3.8) is 0 Å². The molecule has 22 heteroatoms. The summed E-state index contributed by atoms with van der Waals surface area (Å²) in [6.45, 7) is 30.3. The molecule has 8 aromatic rings. The predicted octanol–water partition coefficient (Wildman–Crippen LogP) is 14.3. The number of rotatable bonds is 14. The molecule has 18 nitrogen and oxygen atoms in total. The monoisotopic (exact) mass is 1650 g/mol. The van der Waals surface area contributed by atoms with Crippen LogP contribution in [0.15, 0.2) is 138 Å². The van der Waals surface area contributed by atoms with E-state index in [1.165, 1.54) is 98.1 Å². The number of hydrogen-bond donors (Lipinski definition) is 3. The number of aryl methyl sites for hydroxylation is 13. The van der Waals surface area contributed by atoms with Crippen molar-refractivity contribution >= 4 is 46.6 Å². The van der Waals surface area contributed by atoms with E-state index in [-0.39, 0.29) is 66.0 Å². The van der Waals surface area contributed by atoms with Gasteiger partial charge in [0.15, 0.2) is 0 Å². The molecule has 4 N–H and O–H groups in total. The van der Waals surface area contributed by atoms with E-state index >= 15 is 0 Å². The van der Waals surface area contributed by atoms with Crippen molar-refractivity contribution in [1.29, 1.82) is 0 Å². The Balaban J connectivity index is 0.000000215. The van der Waals surface area contributed by atoms with Gasteiger partial charge in [-0.1, -0.05) is 18.2 Å². The summed E-state index contributed by atoms with van der Waals surface area (Å²) in [4.78, 5) is 57.1. The van der Waals surface area contributed by atoms with Crippen LogP contribution >= 0.6 is 15.9 Å². The van der Waals surface area contributed by atoms with Gasteiger partial charge in [0, 0.05) is 161 Å². The number of carbonyl (C=O) groups is 2. The Hall–Kier alpha value is -6.50. The van der Waals surface area contributed by atoms with Gasteiger partial charge in [-0.25, -0.2) is 24.5 Å². The summed E-state index contributed by atoms with van der Waals surface area (Å²) in [6, 6.07) is 27.8. The van der Waals surface area contributed by atoms with E-state index in [0.717, 1.165) is 83.7 Å². The third-order valence-corrected chi connectivity index (χ3v) is 17.5. The molecule has 0 atom stereocenters. The fourth-order valence-electron chi connectivity index (χ4n) is 12.1. The summed E-state index contributed by atoms with van der Waals surface area (Å²) in [6.07, 6.45) is 23.9. The van der Waals surface area contributed by atoms with Crippen LogP contribution in [0.5, 0.6) is 0 Å². The quantitative estimate of drug-likeness (QED) is 0.0864. The number of carbonyl (C=O) groups excluding carboxylic acids is 2. The number of nitrogens with two attached hydrogens (primary N) is 1. The number of amides is 2. The maximum Gasteiger partial charge on any atom is 0.483 e. The molecule has 0 aromatic carbocycles. The van der Waals surface area contributed by atoms with Crippen LogP contribution in [-0.4, -0.2) is 141 Å². The van der Waals surface area contributed by atoms with E-state index in [4.69, 9.17) is 35.2 Å². The SMILES string of the molecule is CC(C)(C)OC(=O)N1CC=C(B(O)O)CC1.Cc1cc(CCc2cncc(Br)c2)nc(-n2c(C)ccc2C)c1.Cc1cc(CCc2cncc(C3=CCN(C(=O)OC(C)(C)C)CC3)c2)nc(-n2c(C)ccc2C)c1.Cc1cc(N)nc(CCc2cncc(C3CCN(C)CC3)c2)c1.[W].[Y]. The molecule has 99 heavy (non-hydrogen) atoms. The molecule has 3 aliphatic heterocycles. The molecule has 11 heterocycles. The van der Waals surface area contributed by atoms with Crippen molar-refractivity contribution in [2.75, 3.05) is 52.0 Å². The summed E-state index contributed by atoms with van der Waals surface area (Å²) in [5.74, 6) is 3.26. The summed E-state index contributed by atoms with van der Waals surface area (Å²) in [5.41, 5.74) is 24.6. The molecule has 2 amide bonds. The van der Waals surface area contributed by atoms with E-state index in [2.05, 4.69) is 184 Å². The molecule has 0 aliphatic carbocycles. The van der Waals surface area contributed by atoms with E-state index in [0.29, 0.717) is 49.8 Å². The Morgan fingerprint density at radius 1 is 0.556 bits per heavy atom. The van der Waals surface area contributed by atoms with Crippen molar-refractivity contribution in [3.05, 3.63) is 223 Å². The second kappa shape index (κ2) is 38.0. The minimum absolute atomic E-state index is 0. The van der Waals surface area contributed by atoms with Gasteiger partial charge in [0.1, 0.15) is 28.7 Å². The fourth-order valence-corrected chi connectivity index (χ4v) is 12.5. The standard InChI is InChI=1S/C29H36N4O2.C19H20BrN3.C19H26N4.C10H18BNO4.W.Y/c1-20-15-26(31-27(16-20)33-21(2)7-8-22(33)3)10-9-23-17-25(19-30-18-23)24-11-13-32(14-12-24)28(34)35-29(4,5)6;1-13-8-18(7-6-16-10-17(20)12-21-11-16)22-19(9-13)23-14(2)4-5-15(23)3;1-14-9-18(22-19(20)10-14)4-3-15-11-17(13-21-12-15)16-5-7-23(2)8-6-16;1-10(2,3)16-9(13)12-6-4-8(5-7-12)11(14)15;;/h7-8,11,15-19H,9-10,12-14H2,1-6H3;4-5,8-12H,6-7H2,1-3H3;9-13,16H,3-8H2,1-2H3,(H2,20,22);4,14-15H,5-7H2,1-3H3;;. The number of pyridine rings is 6. The van der Waals surface area contributed by atoms with E-state index < -0.39 is 18.3 Å². The molecule has 0 unspecified atom stereocenters. The van der Waals surface area contributed by atoms with Crippen LogP contribution in [0.3, 0.4) is 0 Å². The predicted molar refractivity (Wildman–Crippen MR) is 392 cm³/mol. The van der Waals surface area contributed by atoms with E-state index in [1.807, 2.05) is 84.8 Å². The molecule has 0 bridgehead atoms. The van der Waals surface area contributed by atoms with Gasteiger partial charge in [-0.05, 0) is 325 Å². The molecular weight excluding hydrogens is 1550 g/mol. The number of nitrogen functional groups attached to an aromatic ring is 1. The summed E-state index contributed by atoms with van der Waals surface area (Å²) in [5, 5.41) is 17.9. The Kier molecular flexibility index (Phi) is 31.2. The largest absolute Gasteiger partial charge is 0.483 e. The number of piperidine rings is 1. The van der Waals surface area contributed by atoms with E-state index in [1.54, 1.807) is 11.0 Å². The molecule has 1 fully saturated rings. The van der Waals surface area contributed by atoms with Crippen molar-refractivity contribution in [2.24, 2.45) is 0 Å². The van der Waals surface area contributed by atoms with Gasteiger partial charge in [0.25, 0.3) is 0 Å². The van der Waals surface area contributed by atoms with Gasteiger partial charge in [-0.2, -0.15) is 0 Å². The molecular formula is C77H100BBrN12O6WY.